The third-order valence-corrected chi connectivity index (χ3v) is 4.90. The van der Waals surface area contributed by atoms with E-state index in [1.54, 1.807) is 0 Å². The van der Waals surface area contributed by atoms with Gasteiger partial charge < -0.3 is 9.47 Å². The van der Waals surface area contributed by atoms with Gasteiger partial charge in [0.15, 0.2) is 0 Å². The van der Waals surface area contributed by atoms with Crippen LogP contribution in [-0.4, -0.2) is 50.4 Å². The van der Waals surface area contributed by atoms with Crippen LogP contribution >= 0.6 is 0 Å². The summed E-state index contributed by atoms with van der Waals surface area (Å²) in [5, 5.41) is 0. The first-order chi connectivity index (χ1) is 10.3. The van der Waals surface area contributed by atoms with E-state index in [0.717, 1.165) is 14.2 Å². The lowest BCUT2D eigenvalue weighted by Gasteiger charge is -2.30. The Morgan fingerprint density at radius 2 is 1.78 bits per heavy atom. The van der Waals surface area contributed by atoms with Crippen LogP contribution in [0, 0.1) is 5.41 Å². The molecule has 132 valence electrons. The molecule has 0 aromatic carbocycles. The van der Waals surface area contributed by atoms with Crippen LogP contribution in [0.3, 0.4) is 0 Å². The molecule has 1 fully saturated rings. The Balaban J connectivity index is 3.60. The number of sulfonamides is 1. The zero-order valence-corrected chi connectivity index (χ0v) is 13.6. The molecule has 1 saturated heterocycles. The van der Waals surface area contributed by atoms with Crippen LogP contribution in [0.15, 0.2) is 11.8 Å². The number of hydrogen-bond acceptors (Lipinski definition) is 6. The maximum Gasteiger partial charge on any atom is 0.516 e. The molecule has 0 radical (unpaired) electrons. The molecular formula is C12H16F3NO6S. The van der Waals surface area contributed by atoms with Gasteiger partial charge in [-0.1, -0.05) is 13.8 Å². The van der Waals surface area contributed by atoms with Crippen molar-refractivity contribution in [3.8, 4) is 0 Å². The predicted octanol–water partition coefficient (Wildman–Crippen LogP) is 1.17. The topological polar surface area (TPSA) is 90.0 Å². The molecule has 0 bridgehead atoms. The molecular weight excluding hydrogens is 343 g/mol. The molecule has 0 unspecified atom stereocenters. The van der Waals surface area contributed by atoms with Crippen LogP contribution in [0.1, 0.15) is 20.3 Å². The SMILES string of the molecule is COC(=O)/C=C1\CC(C)(C)[C@@H](C(=O)OC)N1S(=O)(=O)C(F)(F)F. The minimum atomic E-state index is -5.90. The Hall–Kier alpha value is -1.78. The fourth-order valence-corrected chi connectivity index (χ4v) is 3.66. The van der Waals surface area contributed by atoms with E-state index < -0.39 is 44.6 Å². The molecule has 11 heteroatoms. The van der Waals surface area contributed by atoms with E-state index in [-0.39, 0.29) is 10.7 Å². The van der Waals surface area contributed by atoms with E-state index in [9.17, 15) is 31.2 Å². The van der Waals surface area contributed by atoms with Gasteiger partial charge >= 0.3 is 27.5 Å². The first-order valence-corrected chi connectivity index (χ1v) is 7.70. The van der Waals surface area contributed by atoms with Crippen molar-refractivity contribution in [1.29, 1.82) is 0 Å². The molecule has 0 aliphatic carbocycles. The van der Waals surface area contributed by atoms with Crippen molar-refractivity contribution in [1.82, 2.24) is 4.31 Å². The number of methoxy groups -OCH3 is 2. The fraction of sp³-hybridized carbons (Fsp3) is 0.667. The zero-order valence-electron chi connectivity index (χ0n) is 12.8. The highest BCUT2D eigenvalue weighted by molar-refractivity contribution is 7.90. The number of carbonyl (C=O) groups is 2. The standard InChI is InChI=1S/C12H16F3NO6S/c1-11(2)6-7(5-8(17)21-3)16(9(11)10(18)22-4)23(19,20)12(13,14)15/h5,9H,6H2,1-4H3/b7-5+/t9-/m1/s1. The zero-order chi connectivity index (χ0) is 18.2. The largest absolute Gasteiger partial charge is 0.516 e. The van der Waals surface area contributed by atoms with E-state index in [1.165, 1.54) is 13.8 Å². The van der Waals surface area contributed by atoms with Crippen molar-refractivity contribution >= 4 is 22.0 Å². The lowest BCUT2D eigenvalue weighted by atomic mass is 9.84. The molecule has 0 amide bonds. The Kier molecular flexibility index (Phi) is 5.04. The molecule has 1 heterocycles. The summed E-state index contributed by atoms with van der Waals surface area (Å²) in [6.45, 7) is 2.79. The third-order valence-electron chi connectivity index (χ3n) is 3.36. The second-order valence-electron chi connectivity index (χ2n) is 5.50. The maximum absolute atomic E-state index is 12.9. The summed E-state index contributed by atoms with van der Waals surface area (Å²) in [4.78, 5) is 23.2. The number of esters is 2. The average molecular weight is 359 g/mol. The summed E-state index contributed by atoms with van der Waals surface area (Å²) in [6, 6.07) is -1.75. The van der Waals surface area contributed by atoms with Crippen LogP contribution in [-0.2, 0) is 29.1 Å². The van der Waals surface area contributed by atoms with Crippen molar-refractivity contribution in [3.05, 3.63) is 11.8 Å². The van der Waals surface area contributed by atoms with Gasteiger partial charge in [0, 0.05) is 17.2 Å². The molecule has 1 aliphatic heterocycles. The average Bonchev–Trinajstić information content (AvgIpc) is 2.67. The summed E-state index contributed by atoms with van der Waals surface area (Å²) in [5.74, 6) is -2.19. The number of halogens is 3. The van der Waals surface area contributed by atoms with Gasteiger partial charge in [-0.3, -0.25) is 4.31 Å². The second-order valence-corrected chi connectivity index (χ2v) is 7.30. The lowest BCUT2D eigenvalue weighted by Crippen LogP contribution is -2.50. The Labute approximate surface area is 131 Å². The summed E-state index contributed by atoms with van der Waals surface area (Å²) < 4.78 is 71.2. The maximum atomic E-state index is 12.9. The summed E-state index contributed by atoms with van der Waals surface area (Å²) in [5.41, 5.74) is -7.35. The molecule has 0 spiro atoms. The molecule has 23 heavy (non-hydrogen) atoms. The van der Waals surface area contributed by atoms with Gasteiger partial charge in [-0.05, 0) is 6.42 Å². The van der Waals surface area contributed by atoms with Crippen LogP contribution < -0.4 is 0 Å². The lowest BCUT2D eigenvalue weighted by molar-refractivity contribution is -0.147. The Morgan fingerprint density at radius 1 is 1.26 bits per heavy atom. The van der Waals surface area contributed by atoms with E-state index in [0.29, 0.717) is 6.08 Å². The van der Waals surface area contributed by atoms with E-state index in [1.807, 2.05) is 0 Å². The Bertz CT molecular complexity index is 638. The van der Waals surface area contributed by atoms with Crippen molar-refractivity contribution in [3.63, 3.8) is 0 Å². The number of carbonyl (C=O) groups excluding carboxylic acids is 2. The van der Waals surface area contributed by atoms with Gasteiger partial charge in [-0.15, -0.1) is 0 Å². The number of ether oxygens (including phenoxy) is 2. The highest BCUT2D eigenvalue weighted by Crippen LogP contribution is 2.47. The molecule has 0 aromatic rings. The van der Waals surface area contributed by atoms with Crippen molar-refractivity contribution < 1.29 is 40.7 Å². The molecule has 0 aromatic heterocycles. The van der Waals surface area contributed by atoms with Gasteiger partial charge in [0.05, 0.1) is 14.2 Å². The first kappa shape index (κ1) is 19.3. The molecule has 0 saturated carbocycles. The van der Waals surface area contributed by atoms with Crippen molar-refractivity contribution in [2.24, 2.45) is 5.41 Å². The van der Waals surface area contributed by atoms with Gasteiger partial charge in [0.2, 0.25) is 0 Å². The number of nitrogens with zero attached hydrogens (tertiary/aromatic N) is 1. The van der Waals surface area contributed by atoms with E-state index in [4.69, 9.17) is 0 Å². The number of alkyl halides is 3. The summed E-state index contributed by atoms with van der Waals surface area (Å²) in [7, 11) is -3.98. The molecule has 1 rings (SSSR count). The van der Waals surface area contributed by atoms with Gasteiger partial charge in [0.1, 0.15) is 6.04 Å². The monoisotopic (exact) mass is 359 g/mol. The van der Waals surface area contributed by atoms with E-state index in [2.05, 4.69) is 9.47 Å². The van der Waals surface area contributed by atoms with Gasteiger partial charge in [-0.25, -0.2) is 9.59 Å². The number of rotatable bonds is 3. The molecule has 7 nitrogen and oxygen atoms in total. The van der Waals surface area contributed by atoms with Crippen LogP contribution in [0.25, 0.3) is 0 Å². The van der Waals surface area contributed by atoms with Crippen LogP contribution in [0.5, 0.6) is 0 Å². The second kappa shape index (κ2) is 6.02. The fourth-order valence-electron chi connectivity index (χ4n) is 2.37. The van der Waals surface area contributed by atoms with Gasteiger partial charge in [0.25, 0.3) is 0 Å². The minimum absolute atomic E-state index is 0.101. The Morgan fingerprint density at radius 3 is 2.17 bits per heavy atom. The van der Waals surface area contributed by atoms with Crippen molar-refractivity contribution in [2.45, 2.75) is 31.8 Å². The minimum Gasteiger partial charge on any atom is -0.467 e. The molecule has 0 N–H and O–H groups in total. The number of allylic oxidation sites excluding steroid dienone is 1. The van der Waals surface area contributed by atoms with Crippen molar-refractivity contribution in [2.75, 3.05) is 14.2 Å². The number of hydrogen-bond donors (Lipinski definition) is 0. The van der Waals surface area contributed by atoms with E-state index >= 15 is 0 Å². The van der Waals surface area contributed by atoms with Crippen LogP contribution in [0.4, 0.5) is 13.2 Å². The molecule has 1 atom stereocenters. The van der Waals surface area contributed by atoms with Gasteiger partial charge in [-0.2, -0.15) is 21.6 Å². The summed E-state index contributed by atoms with van der Waals surface area (Å²) in [6.07, 6.45) is 0.352. The highest BCUT2D eigenvalue weighted by atomic mass is 32.2. The predicted molar refractivity (Wildman–Crippen MR) is 71.1 cm³/mol. The molecule has 1 aliphatic rings. The highest BCUT2D eigenvalue weighted by Gasteiger charge is 2.60. The first-order valence-electron chi connectivity index (χ1n) is 6.26. The normalized spacial score (nSPS) is 23.0. The smallest absolute Gasteiger partial charge is 0.467 e. The van der Waals surface area contributed by atoms with Crippen LogP contribution in [0.2, 0.25) is 0 Å². The third kappa shape index (κ3) is 3.43. The summed E-state index contributed by atoms with van der Waals surface area (Å²) >= 11 is 0. The quantitative estimate of drug-likeness (QED) is 0.555.